The van der Waals surface area contributed by atoms with Crippen LogP contribution in [-0.2, 0) is 17.6 Å². The average Bonchev–Trinajstić information content (AvgIpc) is 2.59. The summed E-state index contributed by atoms with van der Waals surface area (Å²) in [6.07, 6.45) is 4.60. The van der Waals surface area contributed by atoms with Gasteiger partial charge < -0.3 is 10.8 Å². The van der Waals surface area contributed by atoms with E-state index < -0.39 is 12.0 Å². The summed E-state index contributed by atoms with van der Waals surface area (Å²) in [6.45, 7) is 0. The van der Waals surface area contributed by atoms with E-state index in [-0.39, 0.29) is 0 Å². The molecule has 0 fully saturated rings. The van der Waals surface area contributed by atoms with E-state index in [9.17, 15) is 4.79 Å². The molecule has 0 aliphatic heterocycles. The third-order valence-electron chi connectivity index (χ3n) is 2.59. The smallest absolute Gasteiger partial charge is 0.325 e. The zero-order valence-electron chi connectivity index (χ0n) is 7.82. The lowest BCUT2D eigenvalue weighted by atomic mass is 9.99. The molecule has 0 bridgehead atoms. The minimum atomic E-state index is -0.941. The van der Waals surface area contributed by atoms with E-state index in [1.807, 2.05) is 6.07 Å². The molecule has 76 valence electrons. The fraction of sp³-hybridized carbons (Fsp3) is 0.500. The van der Waals surface area contributed by atoms with Gasteiger partial charge in [0.05, 0.1) is 0 Å². The number of hydrogen-bond donors (Lipinski definition) is 2. The Morgan fingerprint density at radius 1 is 1.50 bits per heavy atom. The highest BCUT2D eigenvalue weighted by atomic mass is 32.1. The Morgan fingerprint density at radius 2 is 2.21 bits per heavy atom. The maximum Gasteiger partial charge on any atom is 0.325 e. The number of carboxylic acids is 1. The molecule has 1 unspecified atom stereocenters. The Labute approximate surface area is 86.6 Å². The molecule has 1 atom stereocenters. The maximum atomic E-state index is 10.7. The average molecular weight is 211 g/mol. The van der Waals surface area contributed by atoms with Crippen molar-refractivity contribution in [1.29, 1.82) is 0 Å². The summed E-state index contributed by atoms with van der Waals surface area (Å²) in [5.74, 6) is -0.941. The number of fused-ring (bicyclic) bond motifs is 1. The molecule has 0 spiro atoms. The van der Waals surface area contributed by atoms with E-state index in [1.165, 1.54) is 23.3 Å². The summed E-state index contributed by atoms with van der Waals surface area (Å²) in [7, 11) is 0. The summed E-state index contributed by atoms with van der Waals surface area (Å²) < 4.78 is 0. The van der Waals surface area contributed by atoms with Gasteiger partial charge in [-0.1, -0.05) is 0 Å². The van der Waals surface area contributed by atoms with E-state index >= 15 is 0 Å². The van der Waals surface area contributed by atoms with Gasteiger partial charge in [-0.15, -0.1) is 11.3 Å². The van der Waals surface area contributed by atoms with Crippen molar-refractivity contribution in [3.05, 3.63) is 21.4 Å². The van der Waals surface area contributed by atoms with E-state index in [4.69, 9.17) is 10.8 Å². The number of rotatable bonds is 2. The van der Waals surface area contributed by atoms with Crippen LogP contribution in [0.25, 0.3) is 0 Å². The molecule has 0 saturated carbocycles. The lowest BCUT2D eigenvalue weighted by molar-refractivity contribution is -0.138. The van der Waals surface area contributed by atoms with Crippen LogP contribution in [0.5, 0.6) is 0 Å². The summed E-state index contributed by atoms with van der Waals surface area (Å²) in [5, 5.41) is 8.78. The standard InChI is InChI=1S/C10H13NO2S/c11-9(10(12)13)8-5-6-3-1-2-4-7(6)14-8/h5,9H,1-4,11H2,(H,12,13). The van der Waals surface area contributed by atoms with Gasteiger partial charge in [-0.25, -0.2) is 0 Å². The van der Waals surface area contributed by atoms with Crippen LogP contribution in [0.3, 0.4) is 0 Å². The summed E-state index contributed by atoms with van der Waals surface area (Å²) in [5.41, 5.74) is 6.87. The third-order valence-corrected chi connectivity index (χ3v) is 3.91. The molecule has 0 radical (unpaired) electrons. The minimum absolute atomic E-state index is 0.796. The molecule has 1 aromatic rings. The lowest BCUT2D eigenvalue weighted by Gasteiger charge is -2.08. The van der Waals surface area contributed by atoms with Gasteiger partial charge in [0.15, 0.2) is 0 Å². The van der Waals surface area contributed by atoms with Crippen molar-refractivity contribution in [3.8, 4) is 0 Å². The Hall–Kier alpha value is -0.870. The van der Waals surface area contributed by atoms with Crippen LogP contribution < -0.4 is 5.73 Å². The van der Waals surface area contributed by atoms with Gasteiger partial charge in [0, 0.05) is 9.75 Å². The van der Waals surface area contributed by atoms with E-state index in [0.717, 1.165) is 17.7 Å². The number of aryl methyl sites for hydroxylation is 2. The van der Waals surface area contributed by atoms with Crippen LogP contribution >= 0.6 is 11.3 Å². The fourth-order valence-electron chi connectivity index (χ4n) is 1.79. The normalized spacial score (nSPS) is 17.5. The van der Waals surface area contributed by atoms with Crippen molar-refractivity contribution < 1.29 is 9.90 Å². The zero-order chi connectivity index (χ0) is 10.1. The monoisotopic (exact) mass is 211 g/mol. The molecule has 0 saturated heterocycles. The largest absolute Gasteiger partial charge is 0.480 e. The van der Waals surface area contributed by atoms with Gasteiger partial charge >= 0.3 is 5.97 Å². The summed E-state index contributed by atoms with van der Waals surface area (Å²) in [4.78, 5) is 12.8. The van der Waals surface area contributed by atoms with Gasteiger partial charge in [-0.3, -0.25) is 4.79 Å². The van der Waals surface area contributed by atoms with Crippen molar-refractivity contribution in [2.24, 2.45) is 5.73 Å². The quantitative estimate of drug-likeness (QED) is 0.782. The van der Waals surface area contributed by atoms with Gasteiger partial charge in [0.25, 0.3) is 0 Å². The van der Waals surface area contributed by atoms with E-state index in [1.54, 1.807) is 11.3 Å². The van der Waals surface area contributed by atoms with Crippen LogP contribution in [0.1, 0.15) is 34.2 Å². The number of carbonyl (C=O) groups is 1. The third kappa shape index (κ3) is 1.67. The second kappa shape index (κ2) is 3.71. The number of nitrogens with two attached hydrogens (primary N) is 1. The molecule has 2 rings (SSSR count). The van der Waals surface area contributed by atoms with Crippen LogP contribution in [0.4, 0.5) is 0 Å². The lowest BCUT2D eigenvalue weighted by Crippen LogP contribution is -2.19. The highest BCUT2D eigenvalue weighted by Gasteiger charge is 2.20. The first kappa shape index (κ1) is 9.68. The number of thiophene rings is 1. The SMILES string of the molecule is NC(C(=O)O)c1cc2c(s1)CCCC2. The van der Waals surface area contributed by atoms with Gasteiger partial charge in [0.2, 0.25) is 0 Å². The first-order chi connectivity index (χ1) is 6.68. The molecule has 1 aromatic heterocycles. The summed E-state index contributed by atoms with van der Waals surface area (Å²) >= 11 is 1.57. The van der Waals surface area contributed by atoms with Gasteiger partial charge in [-0.2, -0.15) is 0 Å². The molecule has 1 heterocycles. The molecular weight excluding hydrogens is 198 g/mol. The number of aliphatic carboxylic acids is 1. The van der Waals surface area contributed by atoms with Gasteiger partial charge in [0.1, 0.15) is 6.04 Å². The highest BCUT2D eigenvalue weighted by Crippen LogP contribution is 2.32. The molecular formula is C10H13NO2S. The first-order valence-corrected chi connectivity index (χ1v) is 5.60. The molecule has 0 amide bonds. The minimum Gasteiger partial charge on any atom is -0.480 e. The maximum absolute atomic E-state index is 10.7. The molecule has 14 heavy (non-hydrogen) atoms. The molecule has 3 N–H and O–H groups in total. The highest BCUT2D eigenvalue weighted by molar-refractivity contribution is 7.12. The van der Waals surface area contributed by atoms with Crippen molar-refractivity contribution in [2.75, 3.05) is 0 Å². The topological polar surface area (TPSA) is 63.3 Å². The Morgan fingerprint density at radius 3 is 2.86 bits per heavy atom. The molecule has 1 aliphatic carbocycles. The molecule has 4 heteroatoms. The Bertz CT molecular complexity index is 336. The van der Waals surface area contributed by atoms with Crippen molar-refractivity contribution in [1.82, 2.24) is 0 Å². The first-order valence-electron chi connectivity index (χ1n) is 4.78. The number of carboxylic acid groups (broad SMARTS) is 1. The van der Waals surface area contributed by atoms with Gasteiger partial charge in [-0.05, 0) is 37.3 Å². The Balaban J connectivity index is 2.28. The summed E-state index contributed by atoms with van der Waals surface area (Å²) in [6, 6.07) is 1.13. The molecule has 3 nitrogen and oxygen atoms in total. The zero-order valence-corrected chi connectivity index (χ0v) is 8.64. The van der Waals surface area contributed by atoms with Crippen molar-refractivity contribution >= 4 is 17.3 Å². The molecule has 0 aromatic carbocycles. The van der Waals surface area contributed by atoms with Crippen LogP contribution in [0, 0.1) is 0 Å². The van der Waals surface area contributed by atoms with Crippen molar-refractivity contribution in [2.45, 2.75) is 31.7 Å². The van der Waals surface area contributed by atoms with Crippen LogP contribution in [0.15, 0.2) is 6.07 Å². The van der Waals surface area contributed by atoms with Crippen LogP contribution in [-0.4, -0.2) is 11.1 Å². The molecule has 1 aliphatic rings. The predicted octanol–water partition coefficient (Wildman–Crippen LogP) is 1.71. The number of hydrogen-bond acceptors (Lipinski definition) is 3. The van der Waals surface area contributed by atoms with Crippen molar-refractivity contribution in [3.63, 3.8) is 0 Å². The fourth-order valence-corrected chi connectivity index (χ4v) is 3.04. The van der Waals surface area contributed by atoms with E-state index in [0.29, 0.717) is 0 Å². The Kier molecular flexibility index (Phi) is 2.56. The van der Waals surface area contributed by atoms with E-state index in [2.05, 4.69) is 0 Å². The predicted molar refractivity (Wildman–Crippen MR) is 55.5 cm³/mol. The van der Waals surface area contributed by atoms with Crippen LogP contribution in [0.2, 0.25) is 0 Å². The second-order valence-corrected chi connectivity index (χ2v) is 4.79. The second-order valence-electron chi connectivity index (χ2n) is 3.62.